The summed E-state index contributed by atoms with van der Waals surface area (Å²) in [4.78, 5) is 2.31. The van der Waals surface area contributed by atoms with Gasteiger partial charge in [-0.05, 0) is 99.1 Å². The maximum absolute atomic E-state index is 6.84. The van der Waals surface area contributed by atoms with E-state index in [4.69, 9.17) is 8.83 Å². The molecule has 0 amide bonds. The molecule has 9 aromatic carbocycles. The van der Waals surface area contributed by atoms with Crippen LogP contribution < -0.4 is 4.90 Å². The van der Waals surface area contributed by atoms with Crippen molar-refractivity contribution < 1.29 is 8.83 Å². The lowest BCUT2D eigenvalue weighted by Gasteiger charge is -2.25. The molecule has 0 saturated carbocycles. The smallest absolute Gasteiger partial charge is 0.143 e. The fourth-order valence-corrected chi connectivity index (χ4v) is 8.06. The van der Waals surface area contributed by atoms with Crippen LogP contribution in [0.1, 0.15) is 0 Å². The fourth-order valence-electron chi connectivity index (χ4n) is 8.06. The van der Waals surface area contributed by atoms with Crippen LogP contribution in [0.3, 0.4) is 0 Å². The Morgan fingerprint density at radius 2 is 0.925 bits per heavy atom. The van der Waals surface area contributed by atoms with Crippen molar-refractivity contribution in [1.29, 1.82) is 0 Å². The number of anilines is 3. The maximum Gasteiger partial charge on any atom is 0.143 e. The van der Waals surface area contributed by atoms with Crippen molar-refractivity contribution in [2.24, 2.45) is 0 Å². The third-order valence-corrected chi connectivity index (χ3v) is 10.6. The van der Waals surface area contributed by atoms with Crippen LogP contribution in [0.15, 0.2) is 197 Å². The molecule has 0 aliphatic carbocycles. The largest absolute Gasteiger partial charge is 0.456 e. The van der Waals surface area contributed by atoms with Crippen molar-refractivity contribution in [3.63, 3.8) is 0 Å². The summed E-state index contributed by atoms with van der Waals surface area (Å²) in [6, 6.07) is 66.8. The number of hydrogen-bond acceptors (Lipinski definition) is 3. The number of nitrogens with zero attached hydrogens (tertiary/aromatic N) is 1. The van der Waals surface area contributed by atoms with Gasteiger partial charge in [-0.3, -0.25) is 0 Å². The van der Waals surface area contributed by atoms with Crippen molar-refractivity contribution in [1.82, 2.24) is 0 Å². The highest BCUT2D eigenvalue weighted by Gasteiger charge is 2.20. The molecule has 0 radical (unpaired) electrons. The molecule has 0 spiro atoms. The second kappa shape index (κ2) is 11.7. The molecule has 0 fully saturated rings. The average Bonchev–Trinajstić information content (AvgIpc) is 3.79. The van der Waals surface area contributed by atoms with Gasteiger partial charge in [0, 0.05) is 50.1 Å². The molecule has 0 aliphatic rings. The van der Waals surface area contributed by atoms with Gasteiger partial charge in [0.1, 0.15) is 22.3 Å². The van der Waals surface area contributed by atoms with Crippen LogP contribution in [0.5, 0.6) is 0 Å². The molecule has 11 aromatic rings. The summed E-state index contributed by atoms with van der Waals surface area (Å²) in [5, 5.41) is 9.14. The van der Waals surface area contributed by atoms with Crippen LogP contribution in [0.25, 0.3) is 87.7 Å². The summed E-state index contributed by atoms with van der Waals surface area (Å²) < 4.78 is 13.1. The van der Waals surface area contributed by atoms with Gasteiger partial charge in [-0.15, -0.1) is 0 Å². The first-order valence-corrected chi connectivity index (χ1v) is 18.0. The topological polar surface area (TPSA) is 29.5 Å². The Hall–Kier alpha value is -7.10. The first-order chi connectivity index (χ1) is 26.2. The number of para-hydroxylation sites is 1. The summed E-state index contributed by atoms with van der Waals surface area (Å²) >= 11 is 0. The van der Waals surface area contributed by atoms with Crippen molar-refractivity contribution in [3.8, 4) is 22.3 Å². The minimum Gasteiger partial charge on any atom is -0.456 e. The molecule has 2 aromatic heterocycles. The Labute approximate surface area is 305 Å². The zero-order valence-corrected chi connectivity index (χ0v) is 28.7. The summed E-state index contributed by atoms with van der Waals surface area (Å²) in [5.41, 5.74) is 11.4. The zero-order valence-electron chi connectivity index (χ0n) is 28.7. The normalized spacial score (nSPS) is 11.8. The molecule has 0 N–H and O–H groups in total. The third kappa shape index (κ3) is 4.82. The van der Waals surface area contributed by atoms with E-state index in [2.05, 4.69) is 181 Å². The van der Waals surface area contributed by atoms with Crippen molar-refractivity contribution in [2.45, 2.75) is 0 Å². The highest BCUT2D eigenvalue weighted by molar-refractivity contribution is 6.19. The van der Waals surface area contributed by atoms with E-state index in [1.165, 1.54) is 38.4 Å². The highest BCUT2D eigenvalue weighted by Crippen LogP contribution is 2.44. The lowest BCUT2D eigenvalue weighted by Crippen LogP contribution is -2.09. The lowest BCUT2D eigenvalue weighted by atomic mass is 9.94. The van der Waals surface area contributed by atoms with E-state index in [9.17, 15) is 0 Å². The van der Waals surface area contributed by atoms with E-state index >= 15 is 0 Å². The molecule has 53 heavy (non-hydrogen) atoms. The van der Waals surface area contributed by atoms with E-state index in [0.717, 1.165) is 66.3 Å². The fraction of sp³-hybridized carbons (Fsp3) is 0. The standard InChI is InChI=1S/C50H31NO2/c1-2-10-32(11-3-1)34-20-22-37(23-21-34)51(38-25-27-48-45(29-38)41-15-8-9-17-47(41)52-48)39-24-26-42-46-31-44(36-19-18-33-12-4-5-13-35(33)28-36)40-14-6-7-16-43(40)50(46)53-49(42)30-39/h1-31H. The van der Waals surface area contributed by atoms with Gasteiger partial charge in [-0.2, -0.15) is 0 Å². The molecule has 0 saturated heterocycles. The molecule has 2 heterocycles. The Bertz CT molecular complexity index is 3170. The van der Waals surface area contributed by atoms with E-state index in [1.54, 1.807) is 0 Å². The average molecular weight is 678 g/mol. The predicted molar refractivity (Wildman–Crippen MR) is 222 cm³/mol. The number of rotatable bonds is 5. The molecule has 0 unspecified atom stereocenters. The molecule has 3 heteroatoms. The molecule has 0 atom stereocenters. The molecular weight excluding hydrogens is 647 g/mol. The minimum atomic E-state index is 0.846. The molecule has 0 aliphatic heterocycles. The number of fused-ring (bicyclic) bond motifs is 9. The first kappa shape index (κ1) is 29.6. The van der Waals surface area contributed by atoms with Crippen LogP contribution in [0, 0.1) is 0 Å². The summed E-state index contributed by atoms with van der Waals surface area (Å²) in [7, 11) is 0. The van der Waals surface area contributed by atoms with Crippen molar-refractivity contribution >= 4 is 82.5 Å². The first-order valence-electron chi connectivity index (χ1n) is 18.0. The number of hydrogen-bond donors (Lipinski definition) is 0. The predicted octanol–water partition coefficient (Wildman–Crippen LogP) is 14.6. The van der Waals surface area contributed by atoms with Crippen molar-refractivity contribution in [2.75, 3.05) is 4.90 Å². The Balaban J connectivity index is 1.10. The summed E-state index contributed by atoms with van der Waals surface area (Å²) in [6.07, 6.45) is 0. The molecule has 248 valence electrons. The molecule has 3 nitrogen and oxygen atoms in total. The van der Waals surface area contributed by atoms with Crippen LogP contribution in [-0.4, -0.2) is 0 Å². The maximum atomic E-state index is 6.84. The van der Waals surface area contributed by atoms with Crippen LogP contribution in [-0.2, 0) is 0 Å². The number of furan rings is 2. The van der Waals surface area contributed by atoms with Crippen LogP contribution in [0.2, 0.25) is 0 Å². The van der Waals surface area contributed by atoms with Crippen molar-refractivity contribution in [3.05, 3.63) is 188 Å². The Morgan fingerprint density at radius 3 is 1.79 bits per heavy atom. The van der Waals surface area contributed by atoms with Crippen LogP contribution in [0.4, 0.5) is 17.1 Å². The highest BCUT2D eigenvalue weighted by atomic mass is 16.3. The molecular formula is C50H31NO2. The summed E-state index contributed by atoms with van der Waals surface area (Å²) in [5.74, 6) is 0. The number of benzene rings is 9. The van der Waals surface area contributed by atoms with Crippen LogP contribution >= 0.6 is 0 Å². The SMILES string of the molecule is c1ccc(-c2ccc(N(c3ccc4c(c3)oc3c5ccccc5c(-c5ccc6ccccc6c5)cc43)c3ccc4oc5ccccc5c4c3)cc2)cc1. The quantitative estimate of drug-likeness (QED) is 0.182. The Morgan fingerprint density at radius 1 is 0.302 bits per heavy atom. The minimum absolute atomic E-state index is 0.846. The van der Waals surface area contributed by atoms with Gasteiger partial charge in [-0.25, -0.2) is 0 Å². The van der Waals surface area contributed by atoms with Gasteiger partial charge in [0.2, 0.25) is 0 Å². The zero-order chi connectivity index (χ0) is 34.9. The second-order valence-electron chi connectivity index (χ2n) is 13.7. The summed E-state index contributed by atoms with van der Waals surface area (Å²) in [6.45, 7) is 0. The van der Waals surface area contributed by atoms with Gasteiger partial charge in [0.25, 0.3) is 0 Å². The second-order valence-corrected chi connectivity index (χ2v) is 13.7. The molecule has 0 bridgehead atoms. The van der Waals surface area contributed by atoms with E-state index < -0.39 is 0 Å². The van der Waals surface area contributed by atoms with E-state index in [0.29, 0.717) is 0 Å². The van der Waals surface area contributed by atoms with Gasteiger partial charge < -0.3 is 13.7 Å². The Kier molecular flexibility index (Phi) is 6.55. The third-order valence-electron chi connectivity index (χ3n) is 10.6. The lowest BCUT2D eigenvalue weighted by molar-refractivity contribution is 0.669. The van der Waals surface area contributed by atoms with Gasteiger partial charge in [0.05, 0.1) is 0 Å². The van der Waals surface area contributed by atoms with Gasteiger partial charge in [-0.1, -0.05) is 121 Å². The monoisotopic (exact) mass is 677 g/mol. The van der Waals surface area contributed by atoms with Gasteiger partial charge >= 0.3 is 0 Å². The van der Waals surface area contributed by atoms with Gasteiger partial charge in [0.15, 0.2) is 0 Å². The van der Waals surface area contributed by atoms with E-state index in [1.807, 2.05) is 12.1 Å². The van der Waals surface area contributed by atoms with E-state index in [-0.39, 0.29) is 0 Å². The molecule has 11 rings (SSSR count).